The monoisotopic (exact) mass is 559 g/mol. The van der Waals surface area contributed by atoms with Crippen molar-refractivity contribution < 1.29 is 9.53 Å². The molecule has 210 valence electrons. The van der Waals surface area contributed by atoms with Crippen LogP contribution in [0.3, 0.4) is 0 Å². The second-order valence-electron chi connectivity index (χ2n) is 11.1. The summed E-state index contributed by atoms with van der Waals surface area (Å²) in [6, 6.07) is 21.1. The number of nitrogens with zero attached hydrogens (tertiary/aromatic N) is 2. The molecular weight excluding hydrogens is 522 g/mol. The average Bonchev–Trinajstić information content (AvgIpc) is 2.93. The molecule has 0 aromatic heterocycles. The maximum atomic E-state index is 13.4. The molecule has 0 spiro atoms. The van der Waals surface area contributed by atoms with Crippen LogP contribution < -0.4 is 16.0 Å². The lowest BCUT2D eigenvalue weighted by molar-refractivity contribution is 0.0105. The number of rotatable bonds is 9. The van der Waals surface area contributed by atoms with Crippen molar-refractivity contribution in [2.24, 2.45) is 5.92 Å². The van der Waals surface area contributed by atoms with E-state index in [4.69, 9.17) is 27.5 Å². The molecule has 2 fully saturated rings. The van der Waals surface area contributed by atoms with Crippen molar-refractivity contribution in [3.8, 4) is 0 Å². The summed E-state index contributed by atoms with van der Waals surface area (Å²) in [5.74, 6) is 0.142. The molecule has 2 saturated heterocycles. The van der Waals surface area contributed by atoms with Crippen LogP contribution in [0.25, 0.3) is 0 Å². The van der Waals surface area contributed by atoms with Crippen LogP contribution in [0.2, 0.25) is 5.02 Å². The average molecular weight is 560 g/mol. The number of anilines is 2. The molecule has 2 aliphatic heterocycles. The number of nitrogen functional groups attached to an aromatic ring is 1. The third-order valence-corrected chi connectivity index (χ3v) is 8.17. The van der Waals surface area contributed by atoms with Gasteiger partial charge in [0.05, 0.1) is 25.0 Å². The molecule has 2 aliphatic rings. The van der Waals surface area contributed by atoms with Crippen molar-refractivity contribution in [1.82, 2.24) is 10.2 Å². The molecule has 0 radical (unpaired) electrons. The van der Waals surface area contributed by atoms with Crippen LogP contribution in [0.5, 0.6) is 0 Å². The number of halogens is 1. The first-order valence-electron chi connectivity index (χ1n) is 14.0. The van der Waals surface area contributed by atoms with E-state index in [1.165, 1.54) is 0 Å². The van der Waals surface area contributed by atoms with E-state index in [1.807, 2.05) is 36.4 Å². The standard InChI is InChI=1S/C32H38ClN5O2/c1-21(2)17-30(26-5-3-4-6-28(26)33)36-32(39)23-9-12-29(34)27(18-23)31(35)22-7-10-24(11-8-22)38-19-25(20-38)37-13-15-40-16-14-37/h3-12,18,21,25,30,35H,13-17,19-20,34H2,1-2H3,(H,36,39)/t30-/m0/s1. The van der Waals surface area contributed by atoms with Gasteiger partial charge in [-0.3, -0.25) is 15.1 Å². The summed E-state index contributed by atoms with van der Waals surface area (Å²) in [6.07, 6.45) is 0.754. The van der Waals surface area contributed by atoms with Gasteiger partial charge >= 0.3 is 0 Å². The molecule has 0 saturated carbocycles. The van der Waals surface area contributed by atoms with Gasteiger partial charge in [0.1, 0.15) is 0 Å². The van der Waals surface area contributed by atoms with Crippen molar-refractivity contribution in [3.63, 3.8) is 0 Å². The quantitative estimate of drug-likeness (QED) is 0.242. The number of morpholine rings is 1. The number of carbonyl (C=O) groups excluding carboxylic acids is 1. The first kappa shape index (κ1) is 28.1. The predicted octanol–water partition coefficient (Wildman–Crippen LogP) is 5.38. The Morgan fingerprint density at radius 3 is 2.40 bits per heavy atom. The van der Waals surface area contributed by atoms with Crippen LogP contribution >= 0.6 is 11.6 Å². The SMILES string of the molecule is CC(C)C[C@H](NC(=O)c1ccc(N)c(C(=N)c2ccc(N3CC(N4CCOCC4)C3)cc2)c1)c1ccccc1Cl. The van der Waals surface area contributed by atoms with Gasteiger partial charge in [0, 0.05) is 65.3 Å². The van der Waals surface area contributed by atoms with Crippen molar-refractivity contribution in [2.45, 2.75) is 32.4 Å². The number of hydrogen-bond acceptors (Lipinski definition) is 6. The van der Waals surface area contributed by atoms with E-state index in [0.29, 0.717) is 39.5 Å². The van der Waals surface area contributed by atoms with Crippen molar-refractivity contribution in [2.75, 3.05) is 50.0 Å². The van der Waals surface area contributed by atoms with E-state index in [9.17, 15) is 4.79 Å². The molecule has 4 N–H and O–H groups in total. The summed E-state index contributed by atoms with van der Waals surface area (Å²) in [7, 11) is 0. The lowest BCUT2D eigenvalue weighted by atomic mass is 9.95. The van der Waals surface area contributed by atoms with Crippen LogP contribution in [0.1, 0.15) is 53.4 Å². The van der Waals surface area contributed by atoms with Crippen LogP contribution in [-0.4, -0.2) is 62.0 Å². The van der Waals surface area contributed by atoms with Crippen molar-refractivity contribution in [3.05, 3.63) is 94.0 Å². The number of carbonyl (C=O) groups is 1. The molecule has 2 heterocycles. The van der Waals surface area contributed by atoms with E-state index in [2.05, 4.69) is 41.1 Å². The van der Waals surface area contributed by atoms with Gasteiger partial charge in [-0.2, -0.15) is 0 Å². The van der Waals surface area contributed by atoms with Crippen molar-refractivity contribution >= 4 is 34.6 Å². The molecule has 0 unspecified atom stereocenters. The van der Waals surface area contributed by atoms with Crippen LogP contribution in [-0.2, 0) is 4.74 Å². The fourth-order valence-electron chi connectivity index (χ4n) is 5.48. The fraction of sp³-hybridized carbons (Fsp3) is 0.375. The van der Waals surface area contributed by atoms with E-state index >= 15 is 0 Å². The number of hydrogen-bond donors (Lipinski definition) is 3. The van der Waals surface area contributed by atoms with E-state index in [-0.39, 0.29) is 11.9 Å². The highest BCUT2D eigenvalue weighted by Crippen LogP contribution is 2.29. The van der Waals surface area contributed by atoms with Crippen molar-refractivity contribution in [1.29, 1.82) is 5.41 Å². The summed E-state index contributed by atoms with van der Waals surface area (Å²) in [5, 5.41) is 12.7. The summed E-state index contributed by atoms with van der Waals surface area (Å²) in [4.78, 5) is 18.2. The summed E-state index contributed by atoms with van der Waals surface area (Å²) in [6.45, 7) is 9.90. The zero-order chi connectivity index (χ0) is 28.2. The van der Waals surface area contributed by atoms with Gasteiger partial charge < -0.3 is 20.7 Å². The Bertz CT molecular complexity index is 1350. The molecule has 3 aromatic rings. The minimum atomic E-state index is -0.224. The molecule has 1 amide bonds. The molecule has 0 bridgehead atoms. The summed E-state index contributed by atoms with van der Waals surface area (Å²) < 4.78 is 5.47. The Kier molecular flexibility index (Phi) is 8.74. The highest BCUT2D eigenvalue weighted by molar-refractivity contribution is 6.31. The van der Waals surface area contributed by atoms with Gasteiger partial charge in [-0.1, -0.05) is 55.8 Å². The largest absolute Gasteiger partial charge is 0.398 e. The summed E-state index contributed by atoms with van der Waals surface area (Å²) in [5.41, 5.74) is 10.8. The fourth-order valence-corrected chi connectivity index (χ4v) is 5.75. The topological polar surface area (TPSA) is 94.7 Å². The normalized spacial score (nSPS) is 16.9. The third kappa shape index (κ3) is 6.33. The van der Waals surface area contributed by atoms with Gasteiger partial charge in [-0.25, -0.2) is 0 Å². The Morgan fingerprint density at radius 2 is 1.73 bits per heavy atom. The maximum Gasteiger partial charge on any atom is 0.251 e. The number of benzene rings is 3. The molecular formula is C32H38ClN5O2. The molecule has 1 atom stereocenters. The zero-order valence-corrected chi connectivity index (χ0v) is 24.0. The zero-order valence-electron chi connectivity index (χ0n) is 23.2. The molecule has 7 nitrogen and oxygen atoms in total. The Morgan fingerprint density at radius 1 is 1.05 bits per heavy atom. The van der Waals surface area contributed by atoms with Gasteiger partial charge in [-0.05, 0) is 54.3 Å². The van der Waals surface area contributed by atoms with Gasteiger partial charge in [-0.15, -0.1) is 0 Å². The highest BCUT2D eigenvalue weighted by Gasteiger charge is 2.32. The second kappa shape index (κ2) is 12.4. The number of amides is 1. The Hall–Kier alpha value is -3.39. The minimum absolute atomic E-state index is 0.220. The van der Waals surface area contributed by atoms with Gasteiger partial charge in [0.25, 0.3) is 5.91 Å². The summed E-state index contributed by atoms with van der Waals surface area (Å²) >= 11 is 6.47. The maximum absolute atomic E-state index is 13.4. The molecule has 0 aliphatic carbocycles. The molecule has 8 heteroatoms. The van der Waals surface area contributed by atoms with Crippen LogP contribution in [0, 0.1) is 11.3 Å². The van der Waals surface area contributed by atoms with E-state index in [0.717, 1.165) is 62.6 Å². The Balaban J connectivity index is 1.27. The third-order valence-electron chi connectivity index (χ3n) is 7.82. The lowest BCUT2D eigenvalue weighted by Gasteiger charge is -2.47. The minimum Gasteiger partial charge on any atom is -0.398 e. The molecule has 40 heavy (non-hydrogen) atoms. The molecule has 5 rings (SSSR count). The first-order chi connectivity index (χ1) is 19.3. The number of nitrogens with one attached hydrogen (secondary N) is 2. The molecule has 3 aromatic carbocycles. The lowest BCUT2D eigenvalue weighted by Crippen LogP contribution is -2.61. The van der Waals surface area contributed by atoms with Crippen LogP contribution in [0.4, 0.5) is 11.4 Å². The smallest absolute Gasteiger partial charge is 0.251 e. The van der Waals surface area contributed by atoms with E-state index < -0.39 is 0 Å². The highest BCUT2D eigenvalue weighted by atomic mass is 35.5. The van der Waals surface area contributed by atoms with Gasteiger partial charge in [0.15, 0.2) is 0 Å². The second-order valence-corrected chi connectivity index (χ2v) is 11.5. The predicted molar refractivity (Wildman–Crippen MR) is 163 cm³/mol. The Labute approximate surface area is 241 Å². The number of nitrogens with two attached hydrogens (primary N) is 1. The van der Waals surface area contributed by atoms with Crippen LogP contribution in [0.15, 0.2) is 66.7 Å². The first-order valence-corrected chi connectivity index (χ1v) is 14.4. The number of ether oxygens (including phenoxy) is 1. The van der Waals surface area contributed by atoms with Gasteiger partial charge in [0.2, 0.25) is 0 Å². The van der Waals surface area contributed by atoms with E-state index in [1.54, 1.807) is 18.2 Å².